The summed E-state index contributed by atoms with van der Waals surface area (Å²) in [5.74, 6) is 2.91. The summed E-state index contributed by atoms with van der Waals surface area (Å²) in [6.07, 6.45) is 8.79. The molecule has 112 valence electrons. The molecule has 1 aliphatic carbocycles. The fraction of sp³-hybridized carbons (Fsp3) is 0.875. The zero-order valence-corrected chi connectivity index (χ0v) is 12.8. The van der Waals surface area contributed by atoms with Gasteiger partial charge in [-0.15, -0.1) is 0 Å². The number of rotatable bonds is 3. The molecule has 1 aromatic rings. The molecule has 0 aromatic carbocycles. The number of hydrogen-bond donors (Lipinski definition) is 0. The van der Waals surface area contributed by atoms with E-state index in [-0.39, 0.29) is 0 Å². The number of aromatic nitrogens is 2. The summed E-state index contributed by atoms with van der Waals surface area (Å²) in [6, 6.07) is 0.652. The molecule has 1 aliphatic heterocycles. The largest absolute Gasteiger partial charge is 0.339 e. The van der Waals surface area contributed by atoms with Crippen LogP contribution in [0, 0.1) is 0 Å². The van der Waals surface area contributed by atoms with Crippen LogP contribution in [0.3, 0.4) is 0 Å². The number of piperidine rings is 1. The molecule has 0 N–H and O–H groups in total. The third-order valence-electron chi connectivity index (χ3n) is 5.04. The predicted octanol–water partition coefficient (Wildman–Crippen LogP) is 3.71. The van der Waals surface area contributed by atoms with Gasteiger partial charge in [-0.1, -0.05) is 24.4 Å². The van der Waals surface area contributed by atoms with E-state index in [1.54, 1.807) is 0 Å². The summed E-state index contributed by atoms with van der Waals surface area (Å²) < 4.78 is 5.56. The lowest BCUT2D eigenvalue weighted by molar-refractivity contribution is 0.168. The van der Waals surface area contributed by atoms with Crippen molar-refractivity contribution >= 4 is 0 Å². The van der Waals surface area contributed by atoms with Gasteiger partial charge in [-0.3, -0.25) is 0 Å². The van der Waals surface area contributed by atoms with Crippen LogP contribution < -0.4 is 0 Å². The van der Waals surface area contributed by atoms with Gasteiger partial charge < -0.3 is 9.42 Å². The molecule has 3 rings (SSSR count). The standard InChI is InChI=1S/C16H27N3O/c1-12(2)19-10-8-13(9-11-19)15-17-16(20-18-15)14-6-4-3-5-7-14/h12-14H,3-11H2,1-2H3. The Balaban J connectivity index is 1.60. The van der Waals surface area contributed by atoms with Gasteiger partial charge in [0.1, 0.15) is 0 Å². The normalized spacial score (nSPS) is 23.6. The molecule has 2 heterocycles. The Labute approximate surface area is 121 Å². The van der Waals surface area contributed by atoms with Crippen LogP contribution in [-0.4, -0.2) is 34.2 Å². The van der Waals surface area contributed by atoms with Crippen LogP contribution in [0.5, 0.6) is 0 Å². The van der Waals surface area contributed by atoms with Crippen molar-refractivity contribution in [2.75, 3.05) is 13.1 Å². The number of nitrogens with zero attached hydrogens (tertiary/aromatic N) is 3. The summed E-state index contributed by atoms with van der Waals surface area (Å²) in [5, 5.41) is 4.28. The van der Waals surface area contributed by atoms with Gasteiger partial charge in [-0.25, -0.2) is 0 Å². The van der Waals surface area contributed by atoms with E-state index in [0.29, 0.717) is 17.9 Å². The number of hydrogen-bond acceptors (Lipinski definition) is 4. The lowest BCUT2D eigenvalue weighted by Gasteiger charge is -2.33. The van der Waals surface area contributed by atoms with Crippen LogP contribution in [0.15, 0.2) is 4.52 Å². The van der Waals surface area contributed by atoms with Gasteiger partial charge in [-0.05, 0) is 52.6 Å². The van der Waals surface area contributed by atoms with Gasteiger partial charge in [0.2, 0.25) is 5.89 Å². The van der Waals surface area contributed by atoms with E-state index >= 15 is 0 Å². The average molecular weight is 277 g/mol. The van der Waals surface area contributed by atoms with Crippen molar-refractivity contribution in [3.05, 3.63) is 11.7 Å². The molecular weight excluding hydrogens is 250 g/mol. The molecule has 1 saturated heterocycles. The Morgan fingerprint density at radius 2 is 1.70 bits per heavy atom. The van der Waals surface area contributed by atoms with Gasteiger partial charge in [0.05, 0.1) is 0 Å². The van der Waals surface area contributed by atoms with E-state index in [0.717, 1.165) is 24.8 Å². The first-order valence-electron chi connectivity index (χ1n) is 8.31. The maximum absolute atomic E-state index is 5.56. The van der Waals surface area contributed by atoms with E-state index in [2.05, 4.69) is 23.9 Å². The summed E-state index contributed by atoms with van der Waals surface area (Å²) in [5.41, 5.74) is 0. The molecule has 0 atom stereocenters. The van der Waals surface area contributed by atoms with E-state index in [4.69, 9.17) is 9.51 Å². The van der Waals surface area contributed by atoms with E-state index in [9.17, 15) is 0 Å². The fourth-order valence-electron chi connectivity index (χ4n) is 3.60. The molecule has 2 fully saturated rings. The van der Waals surface area contributed by atoms with Crippen LogP contribution >= 0.6 is 0 Å². The second-order valence-electron chi connectivity index (χ2n) is 6.73. The lowest BCUT2D eigenvalue weighted by Crippen LogP contribution is -2.38. The van der Waals surface area contributed by atoms with Gasteiger partial charge >= 0.3 is 0 Å². The van der Waals surface area contributed by atoms with Crippen molar-refractivity contribution in [1.82, 2.24) is 15.0 Å². The quantitative estimate of drug-likeness (QED) is 0.844. The van der Waals surface area contributed by atoms with Gasteiger partial charge in [0.15, 0.2) is 5.82 Å². The minimum absolute atomic E-state index is 0.506. The smallest absolute Gasteiger partial charge is 0.229 e. The second-order valence-corrected chi connectivity index (χ2v) is 6.73. The fourth-order valence-corrected chi connectivity index (χ4v) is 3.60. The Bertz CT molecular complexity index is 415. The SMILES string of the molecule is CC(C)N1CCC(c2noc(C3CCCCC3)n2)CC1. The maximum Gasteiger partial charge on any atom is 0.229 e. The first-order valence-corrected chi connectivity index (χ1v) is 8.31. The Morgan fingerprint density at radius 1 is 1.00 bits per heavy atom. The Morgan fingerprint density at radius 3 is 2.35 bits per heavy atom. The minimum Gasteiger partial charge on any atom is -0.339 e. The van der Waals surface area contributed by atoms with Crippen LogP contribution in [0.4, 0.5) is 0 Å². The van der Waals surface area contributed by atoms with Gasteiger partial charge in [0, 0.05) is 17.9 Å². The Kier molecular flexibility index (Phi) is 4.39. The Hall–Kier alpha value is -0.900. The summed E-state index contributed by atoms with van der Waals surface area (Å²) in [4.78, 5) is 7.27. The molecule has 4 heteroatoms. The molecule has 0 unspecified atom stereocenters. The van der Waals surface area contributed by atoms with Crippen LogP contribution in [0.1, 0.15) is 82.3 Å². The zero-order chi connectivity index (χ0) is 13.9. The lowest BCUT2D eigenvalue weighted by atomic mass is 9.89. The van der Waals surface area contributed by atoms with Gasteiger partial charge in [-0.2, -0.15) is 4.98 Å². The van der Waals surface area contributed by atoms with Crippen LogP contribution in [0.2, 0.25) is 0 Å². The summed E-state index contributed by atoms with van der Waals surface area (Å²) in [6.45, 7) is 6.87. The average Bonchev–Trinajstić information content (AvgIpc) is 2.98. The molecule has 0 spiro atoms. The highest BCUT2D eigenvalue weighted by Crippen LogP contribution is 2.33. The van der Waals surface area contributed by atoms with Gasteiger partial charge in [0.25, 0.3) is 0 Å². The topological polar surface area (TPSA) is 42.2 Å². The highest BCUT2D eigenvalue weighted by atomic mass is 16.5. The third-order valence-corrected chi connectivity index (χ3v) is 5.04. The van der Waals surface area contributed by atoms with Crippen molar-refractivity contribution in [2.45, 2.75) is 76.7 Å². The molecule has 4 nitrogen and oxygen atoms in total. The molecule has 0 radical (unpaired) electrons. The maximum atomic E-state index is 5.56. The van der Waals surface area contributed by atoms with Crippen molar-refractivity contribution < 1.29 is 4.52 Å². The zero-order valence-electron chi connectivity index (χ0n) is 12.8. The second kappa shape index (κ2) is 6.25. The van der Waals surface area contributed by atoms with Crippen molar-refractivity contribution in [1.29, 1.82) is 0 Å². The molecule has 1 saturated carbocycles. The molecule has 2 aliphatic rings. The molecule has 20 heavy (non-hydrogen) atoms. The van der Waals surface area contributed by atoms with E-state index in [1.165, 1.54) is 44.9 Å². The first kappa shape index (κ1) is 14.1. The summed E-state index contributed by atoms with van der Waals surface area (Å²) in [7, 11) is 0. The predicted molar refractivity (Wildman–Crippen MR) is 78.8 cm³/mol. The molecule has 0 bridgehead atoms. The third kappa shape index (κ3) is 3.05. The molecular formula is C16H27N3O. The summed E-state index contributed by atoms with van der Waals surface area (Å²) >= 11 is 0. The highest BCUT2D eigenvalue weighted by molar-refractivity contribution is 5.01. The van der Waals surface area contributed by atoms with Crippen molar-refractivity contribution in [2.24, 2.45) is 0 Å². The van der Waals surface area contributed by atoms with Crippen molar-refractivity contribution in [3.63, 3.8) is 0 Å². The molecule has 0 amide bonds. The van der Waals surface area contributed by atoms with Crippen LogP contribution in [0.25, 0.3) is 0 Å². The van der Waals surface area contributed by atoms with Crippen LogP contribution in [-0.2, 0) is 0 Å². The van der Waals surface area contributed by atoms with E-state index in [1.807, 2.05) is 0 Å². The first-order chi connectivity index (χ1) is 9.74. The molecule has 1 aromatic heterocycles. The monoisotopic (exact) mass is 277 g/mol. The minimum atomic E-state index is 0.506. The van der Waals surface area contributed by atoms with Crippen molar-refractivity contribution in [3.8, 4) is 0 Å². The van der Waals surface area contributed by atoms with E-state index < -0.39 is 0 Å². The highest BCUT2D eigenvalue weighted by Gasteiger charge is 2.27. The number of likely N-dealkylation sites (tertiary alicyclic amines) is 1.